The highest BCUT2D eigenvalue weighted by atomic mass is 35.5. The van der Waals surface area contributed by atoms with Gasteiger partial charge in [0.25, 0.3) is 0 Å². The summed E-state index contributed by atoms with van der Waals surface area (Å²) in [4.78, 5) is 15.7. The first-order chi connectivity index (χ1) is 16.1. The molecule has 5 nitrogen and oxygen atoms in total. The van der Waals surface area contributed by atoms with Crippen LogP contribution in [0.25, 0.3) is 5.69 Å². The van der Waals surface area contributed by atoms with E-state index in [1.54, 1.807) is 25.3 Å². The van der Waals surface area contributed by atoms with Gasteiger partial charge in [-0.05, 0) is 60.0 Å². The summed E-state index contributed by atoms with van der Waals surface area (Å²) in [5, 5.41) is 3.57. The third-order valence-electron chi connectivity index (χ3n) is 6.11. The van der Waals surface area contributed by atoms with Crippen LogP contribution in [0.4, 0.5) is 10.5 Å². The van der Waals surface area contributed by atoms with E-state index in [0.29, 0.717) is 23.0 Å². The van der Waals surface area contributed by atoms with Crippen molar-refractivity contribution in [1.82, 2.24) is 9.47 Å². The Kier molecular flexibility index (Phi) is 5.56. The number of aryl methyl sites for hydroxylation is 1. The topological polar surface area (TPSA) is 46.5 Å². The van der Waals surface area contributed by atoms with Gasteiger partial charge in [0.05, 0.1) is 25.0 Å². The van der Waals surface area contributed by atoms with Crippen molar-refractivity contribution in [2.75, 3.05) is 12.4 Å². The number of fused-ring (bicyclic) bond motifs is 3. The SMILES string of the molecule is COc1ccc(Cl)cc1NC(=O)N1Cc2ccccc2-n2cccc2[C@H]1c1ccccc1C. The summed E-state index contributed by atoms with van der Waals surface area (Å²) in [5.74, 6) is 0.554. The number of amides is 2. The lowest BCUT2D eigenvalue weighted by molar-refractivity contribution is 0.194. The fraction of sp³-hybridized carbons (Fsp3) is 0.148. The van der Waals surface area contributed by atoms with E-state index in [1.165, 1.54) is 0 Å². The monoisotopic (exact) mass is 457 g/mol. The van der Waals surface area contributed by atoms with Gasteiger partial charge in [0, 0.05) is 16.9 Å². The molecule has 1 atom stereocenters. The molecular formula is C27H24ClN3O2. The zero-order valence-corrected chi connectivity index (χ0v) is 19.2. The Balaban J connectivity index is 1.65. The van der Waals surface area contributed by atoms with E-state index < -0.39 is 0 Å². The van der Waals surface area contributed by atoms with Crippen molar-refractivity contribution in [1.29, 1.82) is 0 Å². The zero-order chi connectivity index (χ0) is 22.9. The van der Waals surface area contributed by atoms with E-state index in [2.05, 4.69) is 53.3 Å². The molecule has 4 aromatic rings. The summed E-state index contributed by atoms with van der Waals surface area (Å²) in [6.07, 6.45) is 2.06. The smallest absolute Gasteiger partial charge is 0.323 e. The highest BCUT2D eigenvalue weighted by Gasteiger charge is 2.34. The lowest BCUT2D eigenvalue weighted by Gasteiger charge is -2.32. The predicted molar refractivity (Wildman–Crippen MR) is 131 cm³/mol. The number of aromatic nitrogens is 1. The van der Waals surface area contributed by atoms with Crippen LogP contribution in [0.5, 0.6) is 5.75 Å². The number of rotatable bonds is 3. The van der Waals surface area contributed by atoms with E-state index in [-0.39, 0.29) is 12.1 Å². The van der Waals surface area contributed by atoms with Crippen LogP contribution in [0.1, 0.15) is 28.4 Å². The van der Waals surface area contributed by atoms with Crippen LogP contribution in [0.15, 0.2) is 85.1 Å². The van der Waals surface area contributed by atoms with E-state index in [1.807, 2.05) is 35.2 Å². The maximum absolute atomic E-state index is 13.8. The van der Waals surface area contributed by atoms with Gasteiger partial charge in [0.15, 0.2) is 0 Å². The highest BCUT2D eigenvalue weighted by molar-refractivity contribution is 6.31. The van der Waals surface area contributed by atoms with Crippen molar-refractivity contribution >= 4 is 23.3 Å². The number of hydrogen-bond donors (Lipinski definition) is 1. The zero-order valence-electron chi connectivity index (χ0n) is 18.5. The number of carbonyl (C=O) groups excluding carboxylic acids is 1. The standard InChI is InChI=1S/C27H24ClN3O2/c1-18-8-3-5-10-21(18)26-24-12-7-15-30(24)23-11-6-4-9-19(23)17-31(26)27(32)29-22-16-20(28)13-14-25(22)33-2/h3-16,26H,17H2,1-2H3,(H,29,32)/t26-/m1/s1. The minimum Gasteiger partial charge on any atom is -0.495 e. The molecule has 5 rings (SSSR count). The molecule has 1 aliphatic rings. The Morgan fingerprint density at radius 1 is 1.03 bits per heavy atom. The summed E-state index contributed by atoms with van der Waals surface area (Å²) in [5.41, 5.74) is 5.91. The van der Waals surface area contributed by atoms with E-state index in [4.69, 9.17) is 16.3 Å². The van der Waals surface area contributed by atoms with Crippen molar-refractivity contribution in [2.24, 2.45) is 0 Å². The lowest BCUT2D eigenvalue weighted by atomic mass is 9.97. The van der Waals surface area contributed by atoms with Crippen molar-refractivity contribution < 1.29 is 9.53 Å². The van der Waals surface area contributed by atoms with Gasteiger partial charge < -0.3 is 19.5 Å². The molecule has 0 bridgehead atoms. The first kappa shape index (κ1) is 21.2. The van der Waals surface area contributed by atoms with Crippen molar-refractivity contribution in [2.45, 2.75) is 19.5 Å². The maximum atomic E-state index is 13.8. The van der Waals surface area contributed by atoms with Crippen molar-refractivity contribution in [3.05, 3.63) is 112 Å². The van der Waals surface area contributed by atoms with Crippen LogP contribution in [-0.2, 0) is 6.54 Å². The van der Waals surface area contributed by atoms with E-state index >= 15 is 0 Å². The summed E-state index contributed by atoms with van der Waals surface area (Å²) < 4.78 is 7.63. The minimum absolute atomic E-state index is 0.228. The third-order valence-corrected chi connectivity index (χ3v) is 6.35. The second kappa shape index (κ2) is 8.68. The third kappa shape index (κ3) is 3.85. The molecule has 0 unspecified atom stereocenters. The van der Waals surface area contributed by atoms with Crippen molar-refractivity contribution in [3.63, 3.8) is 0 Å². The van der Waals surface area contributed by atoms with Crippen LogP contribution < -0.4 is 10.1 Å². The number of para-hydroxylation sites is 1. The summed E-state index contributed by atoms with van der Waals surface area (Å²) in [6.45, 7) is 2.53. The molecule has 1 N–H and O–H groups in total. The van der Waals surface area contributed by atoms with Crippen LogP contribution in [0.3, 0.4) is 0 Å². The second-order valence-electron chi connectivity index (χ2n) is 8.09. The molecular weight excluding hydrogens is 434 g/mol. The number of urea groups is 1. The van der Waals surface area contributed by atoms with Gasteiger partial charge >= 0.3 is 6.03 Å². The number of ether oxygens (including phenoxy) is 1. The van der Waals surface area contributed by atoms with Crippen LogP contribution in [-0.4, -0.2) is 22.6 Å². The average Bonchev–Trinajstić information content (AvgIpc) is 3.24. The molecule has 0 saturated carbocycles. The highest BCUT2D eigenvalue weighted by Crippen LogP contribution is 2.38. The molecule has 1 aliphatic heterocycles. The Labute approximate surface area is 198 Å². The van der Waals surface area contributed by atoms with E-state index in [0.717, 1.165) is 28.1 Å². The number of benzene rings is 3. The van der Waals surface area contributed by atoms with Crippen LogP contribution >= 0.6 is 11.6 Å². The minimum atomic E-state index is -0.279. The Morgan fingerprint density at radius 2 is 1.82 bits per heavy atom. The van der Waals surface area contributed by atoms with Gasteiger partial charge in [-0.2, -0.15) is 0 Å². The largest absolute Gasteiger partial charge is 0.495 e. The number of methoxy groups -OCH3 is 1. The molecule has 33 heavy (non-hydrogen) atoms. The normalized spacial score (nSPS) is 14.8. The molecule has 6 heteroatoms. The number of hydrogen-bond acceptors (Lipinski definition) is 2. The van der Waals surface area contributed by atoms with Gasteiger partial charge in [-0.15, -0.1) is 0 Å². The molecule has 0 saturated heterocycles. The molecule has 166 valence electrons. The Bertz CT molecular complexity index is 1330. The second-order valence-corrected chi connectivity index (χ2v) is 8.53. The molecule has 0 spiro atoms. The number of halogens is 1. The molecule has 0 radical (unpaired) electrons. The van der Waals surface area contributed by atoms with Gasteiger partial charge in [-0.25, -0.2) is 4.79 Å². The molecule has 0 aliphatic carbocycles. The Hall–Kier alpha value is -3.70. The molecule has 1 aromatic heterocycles. The predicted octanol–water partition coefficient (Wildman–Crippen LogP) is 6.58. The molecule has 2 amide bonds. The lowest BCUT2D eigenvalue weighted by Crippen LogP contribution is -2.38. The fourth-order valence-electron chi connectivity index (χ4n) is 4.53. The van der Waals surface area contributed by atoms with E-state index in [9.17, 15) is 4.79 Å². The molecule has 0 fully saturated rings. The number of carbonyl (C=O) groups is 1. The molecule has 2 heterocycles. The number of anilines is 1. The number of nitrogens with zero attached hydrogens (tertiary/aromatic N) is 2. The number of nitrogens with one attached hydrogen (secondary N) is 1. The van der Waals surface area contributed by atoms with Crippen LogP contribution in [0, 0.1) is 6.92 Å². The van der Waals surface area contributed by atoms with Gasteiger partial charge in [0.2, 0.25) is 0 Å². The van der Waals surface area contributed by atoms with Crippen LogP contribution in [0.2, 0.25) is 5.02 Å². The van der Waals surface area contributed by atoms with Crippen molar-refractivity contribution in [3.8, 4) is 11.4 Å². The maximum Gasteiger partial charge on any atom is 0.323 e. The van der Waals surface area contributed by atoms with Gasteiger partial charge in [-0.3, -0.25) is 0 Å². The van der Waals surface area contributed by atoms with Gasteiger partial charge in [0.1, 0.15) is 11.8 Å². The van der Waals surface area contributed by atoms with Gasteiger partial charge in [-0.1, -0.05) is 54.1 Å². The Morgan fingerprint density at radius 3 is 2.64 bits per heavy atom. The molecule has 3 aromatic carbocycles. The summed E-state index contributed by atoms with van der Waals surface area (Å²) in [6, 6.07) is 25.2. The average molecular weight is 458 g/mol. The first-order valence-corrected chi connectivity index (χ1v) is 11.2. The summed E-state index contributed by atoms with van der Waals surface area (Å²) >= 11 is 6.21. The fourth-order valence-corrected chi connectivity index (χ4v) is 4.70. The first-order valence-electron chi connectivity index (χ1n) is 10.8. The quantitative estimate of drug-likeness (QED) is 0.377. The summed E-state index contributed by atoms with van der Waals surface area (Å²) in [7, 11) is 1.57.